The average Bonchev–Trinajstić information content (AvgIpc) is 3.00. The third-order valence-electron chi connectivity index (χ3n) is 4.00. The maximum atomic E-state index is 12.4. The number of methoxy groups -OCH3 is 1. The van der Waals surface area contributed by atoms with Crippen LogP contribution < -0.4 is 5.73 Å². The molecule has 1 aliphatic heterocycles. The fraction of sp³-hybridized carbons (Fsp3) is 0.588. The van der Waals surface area contributed by atoms with E-state index in [-0.39, 0.29) is 5.91 Å². The SMILES string of the molecule is COCCOCC1CCN(C(=O)[C@@H](N)Cc2ccccc2)C1. The molecule has 0 aliphatic carbocycles. The minimum absolute atomic E-state index is 0.0447. The molecule has 2 atom stereocenters. The second kappa shape index (κ2) is 8.88. The number of hydrogen-bond acceptors (Lipinski definition) is 4. The Bertz CT molecular complexity index is 452. The molecule has 0 spiro atoms. The first-order chi connectivity index (χ1) is 10.7. The summed E-state index contributed by atoms with van der Waals surface area (Å²) in [5.41, 5.74) is 7.17. The maximum Gasteiger partial charge on any atom is 0.239 e. The van der Waals surface area contributed by atoms with Crippen molar-refractivity contribution >= 4 is 5.91 Å². The van der Waals surface area contributed by atoms with Crippen molar-refractivity contribution in [2.75, 3.05) is 40.0 Å². The molecule has 22 heavy (non-hydrogen) atoms. The maximum absolute atomic E-state index is 12.4. The van der Waals surface area contributed by atoms with Crippen LogP contribution in [0.15, 0.2) is 30.3 Å². The molecule has 1 aliphatic rings. The number of ether oxygens (including phenoxy) is 2. The summed E-state index contributed by atoms with van der Waals surface area (Å²) in [6.07, 6.45) is 1.57. The first-order valence-electron chi connectivity index (χ1n) is 7.85. The number of carbonyl (C=O) groups is 1. The van der Waals surface area contributed by atoms with Gasteiger partial charge in [0.05, 0.1) is 25.9 Å². The Morgan fingerprint density at radius 1 is 1.36 bits per heavy atom. The predicted octanol–water partition coefficient (Wildman–Crippen LogP) is 1.07. The molecule has 5 nitrogen and oxygen atoms in total. The van der Waals surface area contributed by atoms with E-state index in [2.05, 4.69) is 0 Å². The molecule has 1 fully saturated rings. The highest BCUT2D eigenvalue weighted by Crippen LogP contribution is 2.18. The number of rotatable bonds is 8. The monoisotopic (exact) mass is 306 g/mol. The number of hydrogen-bond donors (Lipinski definition) is 1. The normalized spacial score (nSPS) is 19.4. The van der Waals surface area contributed by atoms with Crippen LogP contribution in [0.3, 0.4) is 0 Å². The first-order valence-corrected chi connectivity index (χ1v) is 7.85. The molecule has 0 saturated carbocycles. The summed E-state index contributed by atoms with van der Waals surface area (Å²) in [7, 11) is 1.66. The van der Waals surface area contributed by atoms with Crippen molar-refractivity contribution in [3.63, 3.8) is 0 Å². The Kier molecular flexibility index (Phi) is 6.83. The third kappa shape index (κ3) is 5.09. The molecular weight excluding hydrogens is 280 g/mol. The molecule has 2 N–H and O–H groups in total. The number of nitrogens with two attached hydrogens (primary N) is 1. The largest absolute Gasteiger partial charge is 0.382 e. The highest BCUT2D eigenvalue weighted by atomic mass is 16.5. The van der Waals surface area contributed by atoms with E-state index >= 15 is 0 Å². The van der Waals surface area contributed by atoms with Crippen molar-refractivity contribution in [1.29, 1.82) is 0 Å². The van der Waals surface area contributed by atoms with Gasteiger partial charge >= 0.3 is 0 Å². The summed E-state index contributed by atoms with van der Waals surface area (Å²) in [5, 5.41) is 0. The molecule has 5 heteroatoms. The van der Waals surface area contributed by atoms with Gasteiger partial charge in [-0.05, 0) is 18.4 Å². The number of carbonyl (C=O) groups excluding carboxylic acids is 1. The van der Waals surface area contributed by atoms with Crippen LogP contribution in [0.5, 0.6) is 0 Å². The molecule has 1 aromatic carbocycles. The lowest BCUT2D eigenvalue weighted by molar-refractivity contribution is -0.131. The van der Waals surface area contributed by atoms with Crippen LogP contribution in [-0.4, -0.2) is 56.9 Å². The van der Waals surface area contributed by atoms with Gasteiger partial charge in [0.1, 0.15) is 0 Å². The highest BCUT2D eigenvalue weighted by molar-refractivity contribution is 5.82. The summed E-state index contributed by atoms with van der Waals surface area (Å²) < 4.78 is 10.5. The van der Waals surface area contributed by atoms with Gasteiger partial charge in [0, 0.05) is 26.1 Å². The van der Waals surface area contributed by atoms with E-state index in [1.807, 2.05) is 35.2 Å². The summed E-state index contributed by atoms with van der Waals surface area (Å²) in [6.45, 7) is 3.42. The Labute approximate surface area is 132 Å². The van der Waals surface area contributed by atoms with Crippen LogP contribution >= 0.6 is 0 Å². The lowest BCUT2D eigenvalue weighted by atomic mass is 10.1. The standard InChI is InChI=1S/C17H26N2O3/c1-21-9-10-22-13-15-7-8-19(12-15)17(20)16(18)11-14-5-3-2-4-6-14/h2-6,15-16H,7-13,18H2,1H3/t15?,16-/m0/s1. The van der Waals surface area contributed by atoms with Crippen LogP contribution in [0, 0.1) is 5.92 Å². The van der Waals surface area contributed by atoms with Crippen molar-refractivity contribution in [3.05, 3.63) is 35.9 Å². The van der Waals surface area contributed by atoms with Gasteiger partial charge in [-0.1, -0.05) is 30.3 Å². The zero-order valence-corrected chi connectivity index (χ0v) is 13.2. The van der Waals surface area contributed by atoms with Gasteiger partial charge in [0.25, 0.3) is 0 Å². The predicted molar refractivity (Wildman–Crippen MR) is 85.5 cm³/mol. The van der Waals surface area contributed by atoms with Crippen molar-refractivity contribution in [3.8, 4) is 0 Å². The Balaban J connectivity index is 1.74. The molecule has 1 heterocycles. The van der Waals surface area contributed by atoms with Gasteiger partial charge in [-0.25, -0.2) is 0 Å². The van der Waals surface area contributed by atoms with E-state index in [4.69, 9.17) is 15.2 Å². The molecular formula is C17H26N2O3. The smallest absolute Gasteiger partial charge is 0.239 e. The van der Waals surface area contributed by atoms with Crippen LogP contribution in [0.2, 0.25) is 0 Å². The number of likely N-dealkylation sites (tertiary alicyclic amines) is 1. The van der Waals surface area contributed by atoms with Crippen LogP contribution in [0.4, 0.5) is 0 Å². The molecule has 0 aromatic heterocycles. The van der Waals surface area contributed by atoms with Gasteiger partial charge in [0.15, 0.2) is 0 Å². The van der Waals surface area contributed by atoms with Crippen molar-refractivity contribution in [1.82, 2.24) is 4.90 Å². The third-order valence-corrected chi connectivity index (χ3v) is 4.00. The fourth-order valence-electron chi connectivity index (χ4n) is 2.75. The molecule has 0 bridgehead atoms. The minimum Gasteiger partial charge on any atom is -0.382 e. The van der Waals surface area contributed by atoms with Gasteiger partial charge in [-0.15, -0.1) is 0 Å². The zero-order valence-electron chi connectivity index (χ0n) is 13.2. The number of amides is 1. The topological polar surface area (TPSA) is 64.8 Å². The van der Waals surface area contributed by atoms with E-state index in [9.17, 15) is 4.79 Å². The van der Waals surface area contributed by atoms with E-state index in [1.165, 1.54) is 0 Å². The minimum atomic E-state index is -0.462. The summed E-state index contributed by atoms with van der Waals surface area (Å²) in [4.78, 5) is 14.3. The van der Waals surface area contributed by atoms with Crippen LogP contribution in [-0.2, 0) is 20.7 Å². The first kappa shape index (κ1) is 16.9. The van der Waals surface area contributed by atoms with Crippen molar-refractivity contribution in [2.24, 2.45) is 11.7 Å². The lowest BCUT2D eigenvalue weighted by Gasteiger charge is -2.21. The summed E-state index contributed by atoms with van der Waals surface area (Å²) >= 11 is 0. The fourth-order valence-corrected chi connectivity index (χ4v) is 2.75. The van der Waals surface area contributed by atoms with E-state index in [0.29, 0.717) is 32.2 Å². The van der Waals surface area contributed by atoms with Crippen LogP contribution in [0.1, 0.15) is 12.0 Å². The molecule has 122 valence electrons. The van der Waals surface area contributed by atoms with Crippen molar-refractivity contribution < 1.29 is 14.3 Å². The number of nitrogens with zero attached hydrogens (tertiary/aromatic N) is 1. The van der Waals surface area contributed by atoms with Crippen LogP contribution in [0.25, 0.3) is 0 Å². The van der Waals surface area contributed by atoms with E-state index in [0.717, 1.165) is 25.1 Å². The molecule has 2 rings (SSSR count). The Hall–Kier alpha value is -1.43. The summed E-state index contributed by atoms with van der Waals surface area (Å²) in [6, 6.07) is 9.44. The second-order valence-electron chi connectivity index (χ2n) is 5.80. The van der Waals surface area contributed by atoms with Crippen molar-refractivity contribution in [2.45, 2.75) is 18.9 Å². The van der Waals surface area contributed by atoms with E-state index in [1.54, 1.807) is 7.11 Å². The van der Waals surface area contributed by atoms with Gasteiger partial charge in [0.2, 0.25) is 5.91 Å². The molecule has 1 amide bonds. The Morgan fingerprint density at radius 2 is 2.14 bits per heavy atom. The van der Waals surface area contributed by atoms with Gasteiger partial charge in [-0.3, -0.25) is 4.79 Å². The van der Waals surface area contributed by atoms with E-state index < -0.39 is 6.04 Å². The van der Waals surface area contributed by atoms with Gasteiger partial charge < -0.3 is 20.1 Å². The molecule has 1 aromatic rings. The van der Waals surface area contributed by atoms with Gasteiger partial charge in [-0.2, -0.15) is 0 Å². The second-order valence-corrected chi connectivity index (χ2v) is 5.80. The molecule has 1 unspecified atom stereocenters. The number of benzene rings is 1. The quantitative estimate of drug-likeness (QED) is 0.730. The summed E-state index contributed by atoms with van der Waals surface area (Å²) in [5.74, 6) is 0.452. The Morgan fingerprint density at radius 3 is 2.86 bits per heavy atom. The molecule has 1 saturated heterocycles. The average molecular weight is 306 g/mol. The molecule has 0 radical (unpaired) electrons. The lowest BCUT2D eigenvalue weighted by Crippen LogP contribution is -2.44. The highest BCUT2D eigenvalue weighted by Gasteiger charge is 2.29. The zero-order chi connectivity index (χ0) is 15.8.